The molecule has 4 heteroatoms. The lowest BCUT2D eigenvalue weighted by molar-refractivity contribution is 0.564. The van der Waals surface area contributed by atoms with Gasteiger partial charge in [0, 0.05) is 22.7 Å². The number of rotatable bonds is 1. The zero-order chi connectivity index (χ0) is 12.0. The SMILES string of the molecule is CC(C)(C)c1csc2nc(-c3ccco3)cn12. The lowest BCUT2D eigenvalue weighted by atomic mass is 9.93. The van der Waals surface area contributed by atoms with Gasteiger partial charge in [0.25, 0.3) is 0 Å². The number of hydrogen-bond acceptors (Lipinski definition) is 3. The van der Waals surface area contributed by atoms with Crippen molar-refractivity contribution in [2.75, 3.05) is 0 Å². The maximum absolute atomic E-state index is 5.37. The van der Waals surface area contributed by atoms with Gasteiger partial charge in [-0.15, -0.1) is 11.3 Å². The smallest absolute Gasteiger partial charge is 0.194 e. The Kier molecular flexibility index (Phi) is 2.16. The molecule has 3 heterocycles. The summed E-state index contributed by atoms with van der Waals surface area (Å²) in [4.78, 5) is 5.59. The van der Waals surface area contributed by atoms with Gasteiger partial charge in [0.15, 0.2) is 10.7 Å². The topological polar surface area (TPSA) is 30.4 Å². The molecule has 0 saturated heterocycles. The van der Waals surface area contributed by atoms with Gasteiger partial charge in [0.1, 0.15) is 5.69 Å². The Morgan fingerprint density at radius 3 is 2.82 bits per heavy atom. The number of thiazole rings is 1. The fraction of sp³-hybridized carbons (Fsp3) is 0.308. The van der Waals surface area contributed by atoms with Crippen LogP contribution in [0.1, 0.15) is 26.5 Å². The minimum absolute atomic E-state index is 0.124. The Morgan fingerprint density at radius 1 is 1.35 bits per heavy atom. The Labute approximate surface area is 104 Å². The molecule has 0 spiro atoms. The number of nitrogens with zero attached hydrogens (tertiary/aromatic N) is 2. The molecular weight excluding hydrogens is 232 g/mol. The number of furan rings is 1. The Balaban J connectivity index is 2.18. The normalized spacial score (nSPS) is 12.4. The molecule has 3 aromatic heterocycles. The molecule has 3 nitrogen and oxygen atoms in total. The highest BCUT2D eigenvalue weighted by atomic mass is 32.1. The van der Waals surface area contributed by atoms with E-state index in [2.05, 4.69) is 35.5 Å². The van der Waals surface area contributed by atoms with E-state index in [1.807, 2.05) is 18.3 Å². The van der Waals surface area contributed by atoms with Crippen molar-refractivity contribution in [2.45, 2.75) is 26.2 Å². The van der Waals surface area contributed by atoms with Crippen molar-refractivity contribution in [1.82, 2.24) is 9.38 Å². The molecule has 0 bridgehead atoms. The van der Waals surface area contributed by atoms with Crippen LogP contribution in [-0.2, 0) is 5.41 Å². The summed E-state index contributed by atoms with van der Waals surface area (Å²) >= 11 is 1.67. The second-order valence-corrected chi connectivity index (χ2v) is 5.96. The third-order valence-corrected chi connectivity index (χ3v) is 3.59. The van der Waals surface area contributed by atoms with Crippen molar-refractivity contribution in [2.24, 2.45) is 0 Å². The Hall–Kier alpha value is -1.55. The molecule has 0 aliphatic rings. The standard InChI is InChI=1S/C13H14N2OS/c1-13(2,3)11-8-17-12-14-9(7-15(11)12)10-5-4-6-16-10/h4-8H,1-3H3. The van der Waals surface area contributed by atoms with E-state index in [0.717, 1.165) is 16.4 Å². The first-order valence-electron chi connectivity index (χ1n) is 5.56. The molecule has 0 aliphatic carbocycles. The summed E-state index contributed by atoms with van der Waals surface area (Å²) in [6.45, 7) is 6.63. The highest BCUT2D eigenvalue weighted by Gasteiger charge is 2.20. The van der Waals surface area contributed by atoms with Crippen LogP contribution in [-0.4, -0.2) is 9.38 Å². The molecule has 0 unspecified atom stereocenters. The first kappa shape index (κ1) is 10.6. The summed E-state index contributed by atoms with van der Waals surface area (Å²) in [6.07, 6.45) is 3.72. The van der Waals surface area contributed by atoms with Gasteiger partial charge in [0.2, 0.25) is 0 Å². The highest BCUT2D eigenvalue weighted by Crippen LogP contribution is 2.30. The predicted molar refractivity (Wildman–Crippen MR) is 69.5 cm³/mol. The minimum atomic E-state index is 0.124. The molecule has 17 heavy (non-hydrogen) atoms. The van der Waals surface area contributed by atoms with Crippen LogP contribution in [0, 0.1) is 0 Å². The quantitative estimate of drug-likeness (QED) is 0.650. The van der Waals surface area contributed by atoms with Gasteiger partial charge in [-0.2, -0.15) is 0 Å². The lowest BCUT2D eigenvalue weighted by Gasteiger charge is -2.16. The first-order chi connectivity index (χ1) is 8.05. The highest BCUT2D eigenvalue weighted by molar-refractivity contribution is 7.15. The van der Waals surface area contributed by atoms with E-state index in [1.54, 1.807) is 17.6 Å². The van der Waals surface area contributed by atoms with Gasteiger partial charge in [-0.1, -0.05) is 20.8 Å². The van der Waals surface area contributed by atoms with E-state index >= 15 is 0 Å². The van der Waals surface area contributed by atoms with Crippen LogP contribution in [0.2, 0.25) is 0 Å². The van der Waals surface area contributed by atoms with E-state index in [4.69, 9.17) is 4.42 Å². The number of fused-ring (bicyclic) bond motifs is 1. The molecule has 0 atom stereocenters. The van der Waals surface area contributed by atoms with E-state index in [9.17, 15) is 0 Å². The first-order valence-corrected chi connectivity index (χ1v) is 6.44. The molecule has 3 rings (SSSR count). The van der Waals surface area contributed by atoms with Crippen LogP contribution >= 0.6 is 11.3 Å². The molecule has 0 aromatic carbocycles. The summed E-state index contributed by atoms with van der Waals surface area (Å²) in [5.74, 6) is 0.820. The molecule has 0 saturated carbocycles. The van der Waals surface area contributed by atoms with Gasteiger partial charge in [-0.3, -0.25) is 4.40 Å². The van der Waals surface area contributed by atoms with Crippen molar-refractivity contribution in [3.63, 3.8) is 0 Å². The van der Waals surface area contributed by atoms with Crippen molar-refractivity contribution in [1.29, 1.82) is 0 Å². The maximum atomic E-state index is 5.37. The fourth-order valence-corrected chi connectivity index (χ4v) is 2.97. The van der Waals surface area contributed by atoms with Crippen molar-refractivity contribution in [3.8, 4) is 11.5 Å². The van der Waals surface area contributed by atoms with Gasteiger partial charge in [-0.25, -0.2) is 4.98 Å². The number of imidazole rings is 1. The predicted octanol–water partition coefficient (Wildman–Crippen LogP) is 3.95. The lowest BCUT2D eigenvalue weighted by Crippen LogP contribution is -2.13. The molecule has 0 aliphatic heterocycles. The molecule has 0 amide bonds. The van der Waals surface area contributed by atoms with Crippen molar-refractivity contribution >= 4 is 16.3 Å². The minimum Gasteiger partial charge on any atom is -0.463 e. The zero-order valence-corrected chi connectivity index (χ0v) is 10.9. The molecule has 3 aromatic rings. The van der Waals surface area contributed by atoms with E-state index in [1.165, 1.54) is 5.69 Å². The van der Waals surface area contributed by atoms with Gasteiger partial charge >= 0.3 is 0 Å². The monoisotopic (exact) mass is 246 g/mol. The average molecular weight is 246 g/mol. The molecule has 0 N–H and O–H groups in total. The second-order valence-electron chi connectivity index (χ2n) is 5.13. The van der Waals surface area contributed by atoms with Gasteiger partial charge in [-0.05, 0) is 12.1 Å². The molecule has 0 radical (unpaired) electrons. The van der Waals surface area contributed by atoms with E-state index in [-0.39, 0.29) is 5.41 Å². The summed E-state index contributed by atoms with van der Waals surface area (Å²) in [7, 11) is 0. The number of hydrogen-bond donors (Lipinski definition) is 0. The molecule has 0 fully saturated rings. The van der Waals surface area contributed by atoms with Gasteiger partial charge in [0.05, 0.1) is 6.26 Å². The second kappa shape index (κ2) is 3.47. The van der Waals surface area contributed by atoms with E-state index < -0.39 is 0 Å². The van der Waals surface area contributed by atoms with Crippen LogP contribution in [0.3, 0.4) is 0 Å². The zero-order valence-electron chi connectivity index (χ0n) is 10.1. The maximum Gasteiger partial charge on any atom is 0.194 e. The van der Waals surface area contributed by atoms with Gasteiger partial charge < -0.3 is 4.42 Å². The summed E-state index contributed by atoms with van der Waals surface area (Å²) in [5.41, 5.74) is 2.30. The summed E-state index contributed by atoms with van der Waals surface area (Å²) in [5, 5.41) is 2.17. The average Bonchev–Trinajstić information content (AvgIpc) is 2.90. The van der Waals surface area contributed by atoms with Crippen molar-refractivity contribution < 1.29 is 4.42 Å². The molecule has 88 valence electrons. The van der Waals surface area contributed by atoms with Crippen LogP contribution in [0.25, 0.3) is 16.4 Å². The third kappa shape index (κ3) is 1.69. The summed E-state index contributed by atoms with van der Waals surface area (Å²) in [6, 6.07) is 3.82. The van der Waals surface area contributed by atoms with E-state index in [0.29, 0.717) is 0 Å². The fourth-order valence-electron chi connectivity index (χ4n) is 1.87. The van der Waals surface area contributed by atoms with Crippen LogP contribution in [0.15, 0.2) is 34.4 Å². The largest absolute Gasteiger partial charge is 0.463 e. The van der Waals surface area contributed by atoms with Crippen LogP contribution in [0.5, 0.6) is 0 Å². The van der Waals surface area contributed by atoms with Crippen LogP contribution in [0.4, 0.5) is 0 Å². The van der Waals surface area contributed by atoms with Crippen molar-refractivity contribution in [3.05, 3.63) is 35.7 Å². The number of aromatic nitrogens is 2. The third-order valence-electron chi connectivity index (χ3n) is 2.75. The van der Waals surface area contributed by atoms with Crippen LogP contribution < -0.4 is 0 Å². The Bertz CT molecular complexity index is 641. The molecular formula is C13H14N2OS. The summed E-state index contributed by atoms with van der Waals surface area (Å²) < 4.78 is 7.53. The Morgan fingerprint density at radius 2 is 2.18 bits per heavy atom.